The fraction of sp³-hybridized carbons (Fsp3) is 0.350. The number of guanidine groups is 1. The fourth-order valence-corrected chi connectivity index (χ4v) is 2.97. The van der Waals surface area contributed by atoms with Crippen molar-refractivity contribution in [1.82, 2.24) is 25.2 Å². The summed E-state index contributed by atoms with van der Waals surface area (Å²) >= 11 is 0. The normalized spacial score (nSPS) is 12.4. The van der Waals surface area contributed by atoms with Gasteiger partial charge in [-0.2, -0.15) is 0 Å². The Bertz CT molecular complexity index is 867. The van der Waals surface area contributed by atoms with Crippen molar-refractivity contribution in [3.8, 4) is 0 Å². The largest absolute Gasteiger partial charge is 0.396 e. The van der Waals surface area contributed by atoms with Crippen molar-refractivity contribution in [2.24, 2.45) is 4.99 Å². The van der Waals surface area contributed by atoms with E-state index < -0.39 is 0 Å². The Kier molecular flexibility index (Phi) is 9.15. The van der Waals surface area contributed by atoms with Crippen molar-refractivity contribution in [2.75, 3.05) is 26.7 Å². The molecule has 150 valence electrons. The average molecular weight is 494 g/mol. The lowest BCUT2D eigenvalue weighted by Gasteiger charge is -2.18. The molecular weight excluding hydrogens is 467 g/mol. The third-order valence-corrected chi connectivity index (χ3v) is 4.48. The number of aliphatic imine (C=N–C) groups is 1. The van der Waals surface area contributed by atoms with Gasteiger partial charge in [0.1, 0.15) is 5.82 Å². The second-order valence-electron chi connectivity index (χ2n) is 6.32. The Morgan fingerprint density at radius 3 is 2.64 bits per heavy atom. The number of aryl methyl sites for hydroxylation is 1. The number of nitrogens with one attached hydrogen (secondary N) is 2. The second-order valence-corrected chi connectivity index (χ2v) is 6.32. The van der Waals surface area contributed by atoms with Crippen molar-refractivity contribution in [1.29, 1.82) is 0 Å². The van der Waals surface area contributed by atoms with Crippen molar-refractivity contribution in [3.05, 3.63) is 66.1 Å². The third kappa shape index (κ3) is 5.90. The molecule has 3 aromatic rings. The summed E-state index contributed by atoms with van der Waals surface area (Å²) in [6, 6.07) is 15.9. The molecule has 0 aliphatic heterocycles. The molecule has 3 rings (SSSR count). The number of hydrogen-bond acceptors (Lipinski definition) is 4. The second kappa shape index (κ2) is 11.6. The molecule has 0 aliphatic rings. The van der Waals surface area contributed by atoms with Gasteiger partial charge in [-0.05, 0) is 24.1 Å². The van der Waals surface area contributed by atoms with Crippen LogP contribution < -0.4 is 10.6 Å². The molecule has 2 aromatic heterocycles. The van der Waals surface area contributed by atoms with E-state index in [0.717, 1.165) is 42.4 Å². The minimum absolute atomic E-state index is 0. The number of aromatic nitrogens is 3. The zero-order chi connectivity index (χ0) is 18.9. The summed E-state index contributed by atoms with van der Waals surface area (Å²) in [6.45, 7) is 1.49. The lowest BCUT2D eigenvalue weighted by atomic mass is 10.0. The summed E-state index contributed by atoms with van der Waals surface area (Å²) in [6.07, 6.45) is 3.73. The van der Waals surface area contributed by atoms with Crippen LogP contribution in [0.2, 0.25) is 0 Å². The molecule has 0 amide bonds. The van der Waals surface area contributed by atoms with Crippen LogP contribution in [-0.2, 0) is 6.42 Å². The topological polar surface area (TPSA) is 86.8 Å². The van der Waals surface area contributed by atoms with Crippen molar-refractivity contribution in [3.63, 3.8) is 0 Å². The van der Waals surface area contributed by atoms with Crippen LogP contribution in [0.3, 0.4) is 0 Å². The van der Waals surface area contributed by atoms with Gasteiger partial charge in [0.2, 0.25) is 0 Å². The van der Waals surface area contributed by atoms with Gasteiger partial charge in [0, 0.05) is 38.7 Å². The van der Waals surface area contributed by atoms with Crippen LogP contribution in [0.25, 0.3) is 5.65 Å². The molecule has 0 fully saturated rings. The van der Waals surface area contributed by atoms with Crippen LogP contribution >= 0.6 is 24.0 Å². The van der Waals surface area contributed by atoms with Gasteiger partial charge in [-0.25, -0.2) is 0 Å². The molecule has 0 spiro atoms. The Hall–Kier alpha value is -2.20. The van der Waals surface area contributed by atoms with Crippen molar-refractivity contribution >= 4 is 35.6 Å². The zero-order valence-corrected chi connectivity index (χ0v) is 18.3. The van der Waals surface area contributed by atoms with Gasteiger partial charge in [0.05, 0.1) is 6.61 Å². The van der Waals surface area contributed by atoms with Crippen LogP contribution in [0, 0.1) is 0 Å². The number of aliphatic hydroxyl groups excluding tert-OH is 1. The number of pyridine rings is 1. The molecule has 7 nitrogen and oxygen atoms in total. The van der Waals surface area contributed by atoms with E-state index in [0.29, 0.717) is 6.54 Å². The Morgan fingerprint density at radius 1 is 1.11 bits per heavy atom. The standard InChI is InChI=1S/C20H26N6O.HI/c1-21-20(23-14-17(15-27)16-8-3-2-4-9-16)22-12-7-11-19-25-24-18-10-5-6-13-26(18)19;/h2-6,8-10,13,17,27H,7,11-12,14-15H2,1H3,(H2,21,22,23);1H. The fourth-order valence-electron chi connectivity index (χ4n) is 2.97. The molecule has 1 atom stereocenters. The highest BCUT2D eigenvalue weighted by Crippen LogP contribution is 2.13. The molecule has 1 aromatic carbocycles. The predicted octanol–water partition coefficient (Wildman–Crippen LogP) is 2.22. The lowest BCUT2D eigenvalue weighted by molar-refractivity contribution is 0.265. The Morgan fingerprint density at radius 2 is 1.89 bits per heavy atom. The average Bonchev–Trinajstić information content (AvgIpc) is 3.14. The predicted molar refractivity (Wildman–Crippen MR) is 122 cm³/mol. The maximum atomic E-state index is 9.66. The summed E-state index contributed by atoms with van der Waals surface area (Å²) in [5, 5.41) is 24.7. The van der Waals surface area contributed by atoms with E-state index >= 15 is 0 Å². The number of hydrogen-bond donors (Lipinski definition) is 3. The number of nitrogens with zero attached hydrogens (tertiary/aromatic N) is 4. The third-order valence-electron chi connectivity index (χ3n) is 4.48. The molecule has 1 unspecified atom stereocenters. The van der Waals surface area contributed by atoms with Gasteiger partial charge < -0.3 is 15.7 Å². The smallest absolute Gasteiger partial charge is 0.190 e. The van der Waals surface area contributed by atoms with E-state index in [9.17, 15) is 5.11 Å². The first-order chi connectivity index (χ1) is 13.3. The molecule has 28 heavy (non-hydrogen) atoms. The SMILES string of the molecule is CN=C(NCCCc1nnc2ccccn12)NCC(CO)c1ccccc1.I. The van der Waals surface area contributed by atoms with Crippen LogP contribution in [0.1, 0.15) is 23.7 Å². The van der Waals surface area contributed by atoms with Crippen molar-refractivity contribution in [2.45, 2.75) is 18.8 Å². The first kappa shape index (κ1) is 22.1. The van der Waals surface area contributed by atoms with Crippen LogP contribution in [-0.4, -0.2) is 52.4 Å². The zero-order valence-electron chi connectivity index (χ0n) is 16.0. The maximum Gasteiger partial charge on any atom is 0.190 e. The lowest BCUT2D eigenvalue weighted by Crippen LogP contribution is -2.40. The number of rotatable bonds is 8. The van der Waals surface area contributed by atoms with E-state index in [1.807, 2.05) is 59.1 Å². The molecular formula is C20H27IN6O. The van der Waals surface area contributed by atoms with Crippen LogP contribution in [0.4, 0.5) is 0 Å². The monoisotopic (exact) mass is 494 g/mol. The number of aliphatic hydroxyl groups is 1. The van der Waals surface area contributed by atoms with Gasteiger partial charge in [-0.15, -0.1) is 34.2 Å². The molecule has 3 N–H and O–H groups in total. The van der Waals surface area contributed by atoms with E-state index in [-0.39, 0.29) is 36.5 Å². The van der Waals surface area contributed by atoms with Gasteiger partial charge in [-0.3, -0.25) is 9.39 Å². The van der Waals surface area contributed by atoms with Gasteiger partial charge in [0.15, 0.2) is 11.6 Å². The van der Waals surface area contributed by atoms with E-state index in [4.69, 9.17) is 0 Å². The molecule has 2 heterocycles. The summed E-state index contributed by atoms with van der Waals surface area (Å²) in [4.78, 5) is 4.25. The molecule has 0 bridgehead atoms. The summed E-state index contributed by atoms with van der Waals surface area (Å²) < 4.78 is 2.01. The van der Waals surface area contributed by atoms with E-state index in [1.54, 1.807) is 7.05 Å². The van der Waals surface area contributed by atoms with Crippen LogP contribution in [0.15, 0.2) is 59.7 Å². The Balaban J connectivity index is 0.00000280. The molecule has 0 saturated carbocycles. The van der Waals surface area contributed by atoms with Gasteiger partial charge >= 0.3 is 0 Å². The number of halogens is 1. The Labute approximate surface area is 182 Å². The summed E-state index contributed by atoms with van der Waals surface area (Å²) in [7, 11) is 1.75. The van der Waals surface area contributed by atoms with Crippen LogP contribution in [0.5, 0.6) is 0 Å². The highest BCUT2D eigenvalue weighted by Gasteiger charge is 2.11. The summed E-state index contributed by atoms with van der Waals surface area (Å²) in [5.41, 5.74) is 1.98. The van der Waals surface area contributed by atoms with E-state index in [2.05, 4.69) is 25.8 Å². The minimum Gasteiger partial charge on any atom is -0.396 e. The first-order valence-corrected chi connectivity index (χ1v) is 9.20. The molecule has 0 saturated heterocycles. The van der Waals surface area contributed by atoms with Crippen molar-refractivity contribution < 1.29 is 5.11 Å². The quantitative estimate of drug-likeness (QED) is 0.194. The maximum absolute atomic E-state index is 9.66. The highest BCUT2D eigenvalue weighted by atomic mass is 127. The highest BCUT2D eigenvalue weighted by molar-refractivity contribution is 14.0. The van der Waals surface area contributed by atoms with E-state index in [1.165, 1.54) is 0 Å². The van der Waals surface area contributed by atoms with Gasteiger partial charge in [-0.1, -0.05) is 36.4 Å². The van der Waals surface area contributed by atoms with Gasteiger partial charge in [0.25, 0.3) is 0 Å². The first-order valence-electron chi connectivity index (χ1n) is 9.20. The molecule has 0 aliphatic carbocycles. The molecule has 0 radical (unpaired) electrons. The minimum atomic E-state index is 0. The summed E-state index contributed by atoms with van der Waals surface area (Å²) in [5.74, 6) is 1.72. The number of benzene rings is 1. The molecule has 8 heteroatoms. The number of fused-ring (bicyclic) bond motifs is 1.